The van der Waals surface area contributed by atoms with Gasteiger partial charge in [0, 0.05) is 29.7 Å². The Hall–Kier alpha value is -3.59. The Morgan fingerprint density at radius 2 is 1.61 bits per heavy atom. The number of fused-ring (bicyclic) bond motifs is 1. The fourth-order valence-corrected chi connectivity index (χ4v) is 3.70. The number of nitrogens with one attached hydrogen (secondary N) is 1. The molecule has 9 heteroatoms. The molecule has 1 amide bonds. The summed E-state index contributed by atoms with van der Waals surface area (Å²) in [6.07, 6.45) is 1.58. The van der Waals surface area contributed by atoms with Crippen LogP contribution in [0.3, 0.4) is 0 Å². The number of amides is 1. The maximum Gasteiger partial charge on any atom is 0.330 e. The van der Waals surface area contributed by atoms with Gasteiger partial charge in [-0.2, -0.15) is 0 Å². The number of carbonyl (C=O) groups is 1. The normalized spacial score (nSPS) is 11.0. The van der Waals surface area contributed by atoms with Crippen molar-refractivity contribution in [2.45, 2.75) is 0 Å². The number of halogens is 1. The summed E-state index contributed by atoms with van der Waals surface area (Å²) in [5, 5.41) is 0.335. The van der Waals surface area contributed by atoms with Gasteiger partial charge in [-0.3, -0.25) is 28.8 Å². The Morgan fingerprint density at radius 1 is 0.968 bits per heavy atom. The molecule has 0 radical (unpaired) electrons. The van der Waals surface area contributed by atoms with E-state index in [0.717, 1.165) is 9.04 Å². The van der Waals surface area contributed by atoms with Crippen LogP contribution in [0.5, 0.6) is 5.75 Å². The zero-order chi connectivity index (χ0) is 22.3. The summed E-state index contributed by atoms with van der Waals surface area (Å²) in [6.45, 7) is 0. The van der Waals surface area contributed by atoms with E-state index in [0.29, 0.717) is 33.5 Å². The number of aromatic nitrogens is 3. The second kappa shape index (κ2) is 7.92. The largest absolute Gasteiger partial charge is 0.497 e. The number of nitrogens with zero attached hydrogens (tertiary/aromatic N) is 3. The molecule has 0 aliphatic heterocycles. The van der Waals surface area contributed by atoms with E-state index in [9.17, 15) is 14.4 Å². The highest BCUT2D eigenvalue weighted by atomic mass is 79.9. The third kappa shape index (κ3) is 3.57. The number of methoxy groups -OCH3 is 1. The lowest BCUT2D eigenvalue weighted by atomic mass is 10.1. The standard InChI is InChI=1S/C22H19BrN4O4/c1-25-17-12-27(24-20(28)14-6-10-16(31-3)11-7-14)19(13-4-8-15(23)9-5-13)18(17)21(29)26(2)22(25)30/h4-12H,1-3H3,(H,24,28). The first-order valence-electron chi connectivity index (χ1n) is 9.34. The third-order valence-corrected chi connectivity index (χ3v) is 5.66. The minimum Gasteiger partial charge on any atom is -0.497 e. The maximum absolute atomic E-state index is 13.0. The summed E-state index contributed by atoms with van der Waals surface area (Å²) in [6, 6.07) is 14.0. The maximum atomic E-state index is 13.0. The van der Waals surface area contributed by atoms with Crippen LogP contribution in [0, 0.1) is 0 Å². The van der Waals surface area contributed by atoms with Crippen LogP contribution >= 0.6 is 15.9 Å². The monoisotopic (exact) mass is 482 g/mol. The van der Waals surface area contributed by atoms with Gasteiger partial charge in [0.1, 0.15) is 5.75 Å². The topological polar surface area (TPSA) is 87.3 Å². The van der Waals surface area contributed by atoms with Crippen molar-refractivity contribution >= 4 is 32.7 Å². The van der Waals surface area contributed by atoms with Crippen LogP contribution < -0.4 is 21.4 Å². The molecule has 4 rings (SSSR count). The van der Waals surface area contributed by atoms with E-state index in [1.54, 1.807) is 44.6 Å². The summed E-state index contributed by atoms with van der Waals surface area (Å²) in [5.41, 5.74) is 3.97. The lowest BCUT2D eigenvalue weighted by Gasteiger charge is -2.12. The first-order chi connectivity index (χ1) is 14.8. The van der Waals surface area contributed by atoms with Crippen molar-refractivity contribution in [2.75, 3.05) is 12.5 Å². The molecule has 4 aromatic rings. The molecular formula is C22H19BrN4O4. The summed E-state index contributed by atoms with van der Waals surface area (Å²) >= 11 is 3.41. The molecule has 0 fully saturated rings. The smallest absolute Gasteiger partial charge is 0.330 e. The molecule has 1 N–H and O–H groups in total. The quantitative estimate of drug-likeness (QED) is 0.484. The van der Waals surface area contributed by atoms with Crippen molar-refractivity contribution in [1.82, 2.24) is 13.8 Å². The molecule has 0 aliphatic rings. The number of aryl methyl sites for hydroxylation is 1. The van der Waals surface area contributed by atoms with E-state index in [4.69, 9.17) is 4.74 Å². The van der Waals surface area contributed by atoms with Gasteiger partial charge in [-0.1, -0.05) is 28.1 Å². The molecule has 0 aliphatic carbocycles. The van der Waals surface area contributed by atoms with Crippen LogP contribution in [0.25, 0.3) is 22.2 Å². The number of ether oxygens (including phenoxy) is 1. The van der Waals surface area contributed by atoms with Crippen molar-refractivity contribution in [1.29, 1.82) is 0 Å². The van der Waals surface area contributed by atoms with Crippen molar-refractivity contribution in [3.05, 3.63) is 85.6 Å². The first-order valence-corrected chi connectivity index (χ1v) is 10.1. The van der Waals surface area contributed by atoms with E-state index >= 15 is 0 Å². The molecule has 158 valence electrons. The van der Waals surface area contributed by atoms with Crippen molar-refractivity contribution in [2.24, 2.45) is 14.1 Å². The molecule has 0 spiro atoms. The third-order valence-electron chi connectivity index (χ3n) is 5.13. The Bertz CT molecular complexity index is 1410. The van der Waals surface area contributed by atoms with Gasteiger partial charge in [0.05, 0.1) is 29.9 Å². The van der Waals surface area contributed by atoms with E-state index < -0.39 is 11.2 Å². The predicted molar refractivity (Wildman–Crippen MR) is 122 cm³/mol. The Balaban J connectivity index is 1.92. The molecule has 0 bridgehead atoms. The van der Waals surface area contributed by atoms with Crippen LogP contribution in [-0.2, 0) is 14.1 Å². The Kier molecular flexibility index (Phi) is 5.28. The van der Waals surface area contributed by atoms with E-state index in [-0.39, 0.29) is 5.91 Å². The predicted octanol–water partition coefficient (Wildman–Crippen LogP) is 2.86. The van der Waals surface area contributed by atoms with Crippen molar-refractivity contribution in [3.63, 3.8) is 0 Å². The summed E-state index contributed by atoms with van der Waals surface area (Å²) in [4.78, 5) is 38.3. The average Bonchev–Trinajstić information content (AvgIpc) is 3.16. The SMILES string of the molecule is COc1ccc(C(=O)Nn2cc3c(c2-c2ccc(Br)cc2)c(=O)n(C)c(=O)n3C)cc1. The Morgan fingerprint density at radius 3 is 2.23 bits per heavy atom. The van der Waals surface area contributed by atoms with Crippen LogP contribution in [0.1, 0.15) is 10.4 Å². The van der Waals surface area contributed by atoms with E-state index in [1.165, 1.54) is 16.3 Å². The van der Waals surface area contributed by atoms with Crippen LogP contribution in [0.4, 0.5) is 0 Å². The highest BCUT2D eigenvalue weighted by Crippen LogP contribution is 2.28. The number of rotatable bonds is 4. The first kappa shape index (κ1) is 20.7. The highest BCUT2D eigenvalue weighted by molar-refractivity contribution is 9.10. The summed E-state index contributed by atoms with van der Waals surface area (Å²) < 4.78 is 9.94. The fourth-order valence-electron chi connectivity index (χ4n) is 3.44. The molecule has 0 saturated heterocycles. The molecule has 0 unspecified atom stereocenters. The van der Waals surface area contributed by atoms with E-state index in [2.05, 4.69) is 21.4 Å². The molecule has 2 heterocycles. The number of hydrogen-bond acceptors (Lipinski definition) is 4. The van der Waals surface area contributed by atoms with Gasteiger partial charge in [-0.25, -0.2) is 4.79 Å². The van der Waals surface area contributed by atoms with Crippen LogP contribution in [0.2, 0.25) is 0 Å². The van der Waals surface area contributed by atoms with Crippen LogP contribution in [-0.4, -0.2) is 26.8 Å². The highest BCUT2D eigenvalue weighted by Gasteiger charge is 2.21. The fraction of sp³-hybridized carbons (Fsp3) is 0.136. The van der Waals surface area contributed by atoms with Gasteiger partial charge in [-0.15, -0.1) is 0 Å². The zero-order valence-electron chi connectivity index (χ0n) is 17.0. The van der Waals surface area contributed by atoms with Gasteiger partial charge in [0.25, 0.3) is 11.5 Å². The second-order valence-corrected chi connectivity index (χ2v) is 7.91. The molecule has 31 heavy (non-hydrogen) atoms. The lowest BCUT2D eigenvalue weighted by Crippen LogP contribution is -2.36. The van der Waals surface area contributed by atoms with Gasteiger partial charge in [0.2, 0.25) is 0 Å². The van der Waals surface area contributed by atoms with Gasteiger partial charge < -0.3 is 4.74 Å². The number of benzene rings is 2. The Labute approximate surface area is 185 Å². The second-order valence-electron chi connectivity index (χ2n) is 6.99. The van der Waals surface area contributed by atoms with Crippen LogP contribution in [0.15, 0.2) is 68.8 Å². The average molecular weight is 483 g/mol. The molecule has 2 aromatic heterocycles. The van der Waals surface area contributed by atoms with Crippen molar-refractivity contribution in [3.8, 4) is 17.0 Å². The zero-order valence-corrected chi connectivity index (χ0v) is 18.6. The summed E-state index contributed by atoms with van der Waals surface area (Å²) in [7, 11) is 4.57. The minimum absolute atomic E-state index is 0.335. The molecular weight excluding hydrogens is 464 g/mol. The minimum atomic E-state index is -0.446. The summed E-state index contributed by atoms with van der Waals surface area (Å²) in [5.74, 6) is 0.264. The molecule has 0 atom stereocenters. The van der Waals surface area contributed by atoms with Gasteiger partial charge in [-0.05, 0) is 36.4 Å². The molecule has 0 saturated carbocycles. The van der Waals surface area contributed by atoms with Gasteiger partial charge >= 0.3 is 5.69 Å². The number of carbonyl (C=O) groups excluding carboxylic acids is 1. The molecule has 8 nitrogen and oxygen atoms in total. The van der Waals surface area contributed by atoms with E-state index in [1.807, 2.05) is 24.3 Å². The lowest BCUT2D eigenvalue weighted by molar-refractivity contribution is 0.101. The number of hydrogen-bond donors (Lipinski definition) is 1. The van der Waals surface area contributed by atoms with Crippen molar-refractivity contribution < 1.29 is 9.53 Å². The van der Waals surface area contributed by atoms with Gasteiger partial charge in [0.15, 0.2) is 0 Å². The molecule has 2 aromatic carbocycles.